The second-order valence-electron chi connectivity index (χ2n) is 3.68. The molecule has 1 amide bonds. The lowest BCUT2D eigenvalue weighted by molar-refractivity contribution is -0.118. The van der Waals surface area contributed by atoms with E-state index in [1.807, 2.05) is 49.2 Å². The fourth-order valence-electron chi connectivity index (χ4n) is 1.66. The van der Waals surface area contributed by atoms with Gasteiger partial charge < -0.3 is 10.2 Å². The largest absolute Gasteiger partial charge is 0.320 e. The highest BCUT2D eigenvalue weighted by Gasteiger charge is 2.12. The van der Waals surface area contributed by atoms with Gasteiger partial charge in [-0.2, -0.15) is 0 Å². The molecule has 0 fully saturated rings. The molecule has 0 heterocycles. The number of para-hydroxylation sites is 1. The number of amides is 1. The van der Waals surface area contributed by atoms with E-state index < -0.39 is 0 Å². The Bertz CT molecular complexity index is 311. The fraction of sp³-hybridized carbons (Fsp3) is 0.462. The first-order valence-electron chi connectivity index (χ1n) is 5.79. The van der Waals surface area contributed by atoms with Crippen molar-refractivity contribution in [1.82, 2.24) is 5.32 Å². The zero-order valence-electron chi connectivity index (χ0n) is 10.1. The molecule has 16 heavy (non-hydrogen) atoms. The number of nitrogens with zero attached hydrogens (tertiary/aromatic N) is 1. The van der Waals surface area contributed by atoms with Crippen molar-refractivity contribution in [2.45, 2.75) is 19.8 Å². The van der Waals surface area contributed by atoms with E-state index in [1.165, 1.54) is 0 Å². The average Bonchev–Trinajstić information content (AvgIpc) is 2.32. The zero-order chi connectivity index (χ0) is 11.8. The topological polar surface area (TPSA) is 32.3 Å². The highest BCUT2D eigenvalue weighted by molar-refractivity contribution is 5.93. The van der Waals surface area contributed by atoms with Crippen LogP contribution in [0.2, 0.25) is 0 Å². The summed E-state index contributed by atoms with van der Waals surface area (Å²) in [7, 11) is 1.90. The van der Waals surface area contributed by atoms with Crippen LogP contribution in [0.1, 0.15) is 19.8 Å². The van der Waals surface area contributed by atoms with Crippen LogP contribution in [0.25, 0.3) is 0 Å². The highest BCUT2D eigenvalue weighted by atomic mass is 16.2. The maximum Gasteiger partial charge on any atom is 0.227 e. The lowest BCUT2D eigenvalue weighted by Crippen LogP contribution is -2.30. The Hall–Kier alpha value is -1.35. The third-order valence-corrected chi connectivity index (χ3v) is 2.50. The summed E-state index contributed by atoms with van der Waals surface area (Å²) in [5, 5.41) is 3.05. The molecule has 0 aromatic heterocycles. The second kappa shape index (κ2) is 7.01. The molecule has 1 rings (SSSR count). The average molecular weight is 220 g/mol. The number of rotatable bonds is 6. The van der Waals surface area contributed by atoms with Gasteiger partial charge in [0, 0.05) is 18.7 Å². The Morgan fingerprint density at radius 2 is 2.00 bits per heavy atom. The van der Waals surface area contributed by atoms with Gasteiger partial charge in [0.1, 0.15) is 0 Å². The molecule has 88 valence electrons. The Balaban J connectivity index is 2.57. The first kappa shape index (κ1) is 12.7. The number of hydrogen-bond donors (Lipinski definition) is 1. The van der Waals surface area contributed by atoms with Crippen LogP contribution >= 0.6 is 0 Å². The number of hydrogen-bond acceptors (Lipinski definition) is 2. The number of nitrogens with one attached hydrogen (secondary N) is 1. The van der Waals surface area contributed by atoms with E-state index in [2.05, 4.69) is 5.32 Å². The molecular formula is C13H20N2O. The molecule has 0 saturated heterocycles. The molecule has 0 radical (unpaired) electrons. The summed E-state index contributed by atoms with van der Waals surface area (Å²) in [6.45, 7) is 3.61. The molecule has 3 nitrogen and oxygen atoms in total. The van der Waals surface area contributed by atoms with Gasteiger partial charge in [0.05, 0.1) is 0 Å². The van der Waals surface area contributed by atoms with Crippen LogP contribution in [0.4, 0.5) is 5.69 Å². The van der Waals surface area contributed by atoms with Crippen LogP contribution in [0.5, 0.6) is 0 Å². The number of carbonyl (C=O) groups excluding carboxylic acids is 1. The van der Waals surface area contributed by atoms with Gasteiger partial charge in [-0.1, -0.05) is 18.2 Å². The summed E-state index contributed by atoms with van der Waals surface area (Å²) in [5.74, 6) is 0.198. The van der Waals surface area contributed by atoms with Crippen molar-refractivity contribution in [3.05, 3.63) is 30.3 Å². The van der Waals surface area contributed by atoms with Gasteiger partial charge in [0.15, 0.2) is 0 Å². The predicted octanol–water partition coefficient (Wildman–Crippen LogP) is 2.04. The Kier molecular flexibility index (Phi) is 5.57. The minimum Gasteiger partial charge on any atom is -0.320 e. The van der Waals surface area contributed by atoms with E-state index in [4.69, 9.17) is 0 Å². The van der Waals surface area contributed by atoms with Crippen molar-refractivity contribution in [3.63, 3.8) is 0 Å². The maximum absolute atomic E-state index is 11.9. The minimum absolute atomic E-state index is 0.198. The van der Waals surface area contributed by atoms with Gasteiger partial charge in [-0.25, -0.2) is 0 Å². The monoisotopic (exact) mass is 220 g/mol. The number of anilines is 1. The lowest BCUT2D eigenvalue weighted by Gasteiger charge is -2.20. The third-order valence-electron chi connectivity index (χ3n) is 2.50. The maximum atomic E-state index is 11.9. The molecule has 1 N–H and O–H groups in total. The number of carbonyl (C=O) groups is 1. The fourth-order valence-corrected chi connectivity index (χ4v) is 1.66. The molecule has 0 spiro atoms. The van der Waals surface area contributed by atoms with E-state index >= 15 is 0 Å². The van der Waals surface area contributed by atoms with E-state index in [0.29, 0.717) is 6.42 Å². The molecule has 0 aliphatic heterocycles. The van der Waals surface area contributed by atoms with Gasteiger partial charge in [-0.15, -0.1) is 0 Å². The SMILES string of the molecule is CCN(C(=O)CCCNC)c1ccccc1. The summed E-state index contributed by atoms with van der Waals surface area (Å²) in [4.78, 5) is 13.8. The molecule has 0 aliphatic carbocycles. The van der Waals surface area contributed by atoms with Crippen molar-refractivity contribution in [3.8, 4) is 0 Å². The first-order chi connectivity index (χ1) is 7.79. The van der Waals surface area contributed by atoms with E-state index in [1.54, 1.807) is 0 Å². The van der Waals surface area contributed by atoms with Crippen LogP contribution in [0, 0.1) is 0 Å². The normalized spacial score (nSPS) is 10.1. The van der Waals surface area contributed by atoms with Crippen molar-refractivity contribution in [2.24, 2.45) is 0 Å². The standard InChI is InChI=1S/C13H20N2O/c1-3-15(12-8-5-4-6-9-12)13(16)10-7-11-14-2/h4-6,8-9,14H,3,7,10-11H2,1-2H3. The number of benzene rings is 1. The zero-order valence-corrected chi connectivity index (χ0v) is 10.1. The van der Waals surface area contributed by atoms with Gasteiger partial charge >= 0.3 is 0 Å². The van der Waals surface area contributed by atoms with Crippen molar-refractivity contribution in [2.75, 3.05) is 25.0 Å². The molecule has 0 aliphatic rings. The summed E-state index contributed by atoms with van der Waals surface area (Å²) in [6, 6.07) is 9.82. The third kappa shape index (κ3) is 3.66. The van der Waals surface area contributed by atoms with Gasteiger partial charge in [-0.3, -0.25) is 4.79 Å². The second-order valence-corrected chi connectivity index (χ2v) is 3.68. The Morgan fingerprint density at radius 3 is 2.56 bits per heavy atom. The quantitative estimate of drug-likeness (QED) is 0.744. The Morgan fingerprint density at radius 1 is 1.31 bits per heavy atom. The summed E-state index contributed by atoms with van der Waals surface area (Å²) in [6.07, 6.45) is 1.49. The summed E-state index contributed by atoms with van der Waals surface area (Å²) in [5.41, 5.74) is 0.986. The molecule has 3 heteroatoms. The van der Waals surface area contributed by atoms with E-state index in [-0.39, 0.29) is 5.91 Å². The van der Waals surface area contributed by atoms with E-state index in [0.717, 1.165) is 25.2 Å². The summed E-state index contributed by atoms with van der Waals surface area (Å²) < 4.78 is 0. The van der Waals surface area contributed by atoms with E-state index in [9.17, 15) is 4.79 Å². The smallest absolute Gasteiger partial charge is 0.227 e. The Labute approximate surface area is 97.5 Å². The van der Waals surface area contributed by atoms with Crippen LogP contribution in [-0.2, 0) is 4.79 Å². The van der Waals surface area contributed by atoms with Crippen molar-refractivity contribution >= 4 is 11.6 Å². The van der Waals surface area contributed by atoms with Crippen LogP contribution in [0.3, 0.4) is 0 Å². The van der Waals surface area contributed by atoms with Gasteiger partial charge in [-0.05, 0) is 39.1 Å². The molecule has 0 atom stereocenters. The molecule has 1 aromatic rings. The van der Waals surface area contributed by atoms with Crippen LogP contribution < -0.4 is 10.2 Å². The highest BCUT2D eigenvalue weighted by Crippen LogP contribution is 2.14. The molecule has 0 saturated carbocycles. The minimum atomic E-state index is 0.198. The van der Waals surface area contributed by atoms with Gasteiger partial charge in [0.2, 0.25) is 5.91 Å². The molecular weight excluding hydrogens is 200 g/mol. The summed E-state index contributed by atoms with van der Waals surface area (Å²) >= 11 is 0. The molecule has 1 aromatic carbocycles. The van der Waals surface area contributed by atoms with Crippen LogP contribution in [0.15, 0.2) is 30.3 Å². The first-order valence-corrected chi connectivity index (χ1v) is 5.79. The predicted molar refractivity (Wildman–Crippen MR) is 67.6 cm³/mol. The van der Waals surface area contributed by atoms with Crippen LogP contribution in [-0.4, -0.2) is 26.0 Å². The van der Waals surface area contributed by atoms with Gasteiger partial charge in [0.25, 0.3) is 0 Å². The van der Waals surface area contributed by atoms with Crippen molar-refractivity contribution in [1.29, 1.82) is 0 Å². The van der Waals surface area contributed by atoms with Crippen molar-refractivity contribution < 1.29 is 4.79 Å². The molecule has 0 bridgehead atoms. The lowest BCUT2D eigenvalue weighted by atomic mass is 10.2. The molecule has 0 unspecified atom stereocenters.